The van der Waals surface area contributed by atoms with Crippen LogP contribution in [0.2, 0.25) is 0 Å². The van der Waals surface area contributed by atoms with E-state index in [1.165, 1.54) is 6.07 Å². The minimum absolute atomic E-state index is 0.00793. The van der Waals surface area contributed by atoms with Crippen LogP contribution in [0, 0.1) is 24.2 Å². The number of nitrogens with zero attached hydrogens (tertiary/aromatic N) is 3. The van der Waals surface area contributed by atoms with Gasteiger partial charge in [-0.1, -0.05) is 0 Å². The van der Waals surface area contributed by atoms with Crippen LogP contribution in [0.1, 0.15) is 17.5 Å². The molecule has 0 aliphatic carbocycles. The van der Waals surface area contributed by atoms with Crippen LogP contribution in [0.15, 0.2) is 28.7 Å². The molecule has 8 nitrogen and oxygen atoms in total. The lowest BCUT2D eigenvalue weighted by Crippen LogP contribution is -2.44. The zero-order valence-corrected chi connectivity index (χ0v) is 15.4. The Labute approximate surface area is 161 Å². The Balaban J connectivity index is 1.62. The van der Waals surface area contributed by atoms with Crippen LogP contribution >= 0.6 is 0 Å². The fourth-order valence-corrected chi connectivity index (χ4v) is 3.64. The van der Waals surface area contributed by atoms with Gasteiger partial charge in [-0.2, -0.15) is 10.2 Å². The number of anilines is 1. The van der Waals surface area contributed by atoms with Crippen LogP contribution in [0.3, 0.4) is 0 Å². The molecule has 0 radical (unpaired) electrons. The van der Waals surface area contributed by atoms with Gasteiger partial charge in [-0.25, -0.2) is 4.98 Å². The van der Waals surface area contributed by atoms with Crippen molar-refractivity contribution >= 4 is 17.2 Å². The molecular weight excluding hydrogens is 358 g/mol. The van der Waals surface area contributed by atoms with Crippen LogP contribution < -0.4 is 10.6 Å². The first-order valence-electron chi connectivity index (χ1n) is 9.17. The maximum Gasteiger partial charge on any atom is 0.297 e. The average molecular weight is 379 g/mol. The number of fused-ring (bicyclic) bond motifs is 1. The molecule has 1 aliphatic heterocycles. The molecule has 28 heavy (non-hydrogen) atoms. The van der Waals surface area contributed by atoms with E-state index in [2.05, 4.69) is 20.6 Å². The number of nitriles is 1. The van der Waals surface area contributed by atoms with E-state index in [-0.39, 0.29) is 24.3 Å². The first-order valence-corrected chi connectivity index (χ1v) is 9.17. The summed E-state index contributed by atoms with van der Waals surface area (Å²) in [6, 6.07) is 9.19. The fraction of sp³-hybridized carbons (Fsp3) is 0.350. The van der Waals surface area contributed by atoms with E-state index >= 15 is 0 Å². The van der Waals surface area contributed by atoms with E-state index in [9.17, 15) is 10.2 Å². The summed E-state index contributed by atoms with van der Waals surface area (Å²) in [5.41, 5.74) is 3.26. The van der Waals surface area contributed by atoms with Gasteiger partial charge in [-0.05, 0) is 49.1 Å². The molecule has 4 rings (SSSR count). The van der Waals surface area contributed by atoms with Gasteiger partial charge < -0.3 is 25.3 Å². The lowest BCUT2D eigenvalue weighted by Gasteiger charge is -2.28. The minimum atomic E-state index is 0.00793. The molecule has 2 atom stereocenters. The Kier molecular flexibility index (Phi) is 4.86. The Morgan fingerprint density at radius 3 is 2.93 bits per heavy atom. The van der Waals surface area contributed by atoms with Crippen molar-refractivity contribution in [3.05, 3.63) is 35.4 Å². The molecule has 144 valence electrons. The van der Waals surface area contributed by atoms with Crippen molar-refractivity contribution < 1.29 is 14.6 Å². The third kappa shape index (κ3) is 3.50. The Bertz CT molecular complexity index is 1030. The Hall–Kier alpha value is -3.15. The monoisotopic (exact) mass is 379 g/mol. The number of pyridine rings is 1. The second kappa shape index (κ2) is 7.46. The number of hydrogen-bond acceptors (Lipinski definition) is 8. The first kappa shape index (κ1) is 18.2. The Morgan fingerprint density at radius 2 is 2.18 bits per heavy atom. The van der Waals surface area contributed by atoms with Crippen molar-refractivity contribution in [2.75, 3.05) is 25.0 Å². The van der Waals surface area contributed by atoms with Crippen LogP contribution in [0.4, 0.5) is 6.01 Å². The van der Waals surface area contributed by atoms with Gasteiger partial charge in [0.2, 0.25) is 5.65 Å². The number of aliphatic hydroxyl groups is 1. The number of aliphatic hydroxyl groups excluding tert-OH is 1. The number of phenolic OH excluding ortho intramolecular Hbond substituents is 1. The summed E-state index contributed by atoms with van der Waals surface area (Å²) in [6.45, 7) is 3.55. The molecule has 0 amide bonds. The number of aromatic hydroxyl groups is 1. The third-order valence-electron chi connectivity index (χ3n) is 4.98. The van der Waals surface area contributed by atoms with Gasteiger partial charge in [0.05, 0.1) is 17.3 Å². The number of rotatable bonds is 4. The number of aryl methyl sites for hydroxylation is 1. The molecule has 1 aliphatic rings. The van der Waals surface area contributed by atoms with Gasteiger partial charge in [-0.3, -0.25) is 0 Å². The summed E-state index contributed by atoms with van der Waals surface area (Å²) < 4.78 is 5.75. The molecule has 1 fully saturated rings. The normalized spacial score (nSPS) is 19.5. The minimum Gasteiger partial charge on any atom is -0.507 e. The van der Waals surface area contributed by atoms with Crippen molar-refractivity contribution in [3.8, 4) is 23.1 Å². The number of aromatic nitrogens is 2. The van der Waals surface area contributed by atoms with E-state index in [1.807, 2.05) is 13.0 Å². The predicted molar refractivity (Wildman–Crippen MR) is 104 cm³/mol. The molecule has 0 spiro atoms. The van der Waals surface area contributed by atoms with Gasteiger partial charge in [0.25, 0.3) is 6.01 Å². The highest BCUT2D eigenvalue weighted by Crippen LogP contribution is 2.33. The number of hydrogen-bond donors (Lipinski definition) is 4. The highest BCUT2D eigenvalue weighted by atomic mass is 16.4. The van der Waals surface area contributed by atoms with Gasteiger partial charge >= 0.3 is 0 Å². The standard InChI is InChI=1S/C20H21N5O3/c1-11-4-12(7-21)6-16(27)18(11)15-2-3-17-19(24-15)25-20(28-17)23-14-5-13(10-26)8-22-9-14/h2-4,6,13-14,22,26-27H,5,8-10H2,1H3,(H,23,24,25)/t13-,14+/m0/s1. The van der Waals surface area contributed by atoms with Crippen molar-refractivity contribution in [3.63, 3.8) is 0 Å². The average Bonchev–Trinajstić information content (AvgIpc) is 3.09. The number of phenols is 1. The molecule has 2 aromatic heterocycles. The number of benzene rings is 1. The zero-order chi connectivity index (χ0) is 19.7. The molecule has 8 heteroatoms. The smallest absolute Gasteiger partial charge is 0.297 e. The lowest BCUT2D eigenvalue weighted by molar-refractivity contribution is 0.193. The molecule has 3 heterocycles. The second-order valence-corrected chi connectivity index (χ2v) is 7.12. The number of piperidine rings is 1. The van der Waals surface area contributed by atoms with Crippen molar-refractivity contribution in [2.24, 2.45) is 5.92 Å². The van der Waals surface area contributed by atoms with E-state index < -0.39 is 0 Å². The molecule has 0 bridgehead atoms. The zero-order valence-electron chi connectivity index (χ0n) is 15.4. The maximum atomic E-state index is 10.3. The Morgan fingerprint density at radius 1 is 1.32 bits per heavy atom. The van der Waals surface area contributed by atoms with Crippen LogP contribution in [-0.4, -0.2) is 45.9 Å². The van der Waals surface area contributed by atoms with Crippen LogP contribution in [0.25, 0.3) is 22.5 Å². The van der Waals surface area contributed by atoms with Gasteiger partial charge in [0.15, 0.2) is 5.58 Å². The largest absolute Gasteiger partial charge is 0.507 e. The molecule has 4 N–H and O–H groups in total. The number of nitrogens with one attached hydrogen (secondary N) is 2. The van der Waals surface area contributed by atoms with Crippen molar-refractivity contribution in [1.29, 1.82) is 5.26 Å². The van der Waals surface area contributed by atoms with Crippen molar-refractivity contribution in [1.82, 2.24) is 15.3 Å². The van der Waals surface area contributed by atoms with Crippen LogP contribution in [-0.2, 0) is 0 Å². The predicted octanol–water partition coefficient (Wildman–Crippen LogP) is 2.16. The fourth-order valence-electron chi connectivity index (χ4n) is 3.64. The summed E-state index contributed by atoms with van der Waals surface area (Å²) in [6.07, 6.45) is 0.833. The molecule has 1 saturated heterocycles. The second-order valence-electron chi connectivity index (χ2n) is 7.12. The molecule has 0 unspecified atom stereocenters. The highest BCUT2D eigenvalue weighted by Gasteiger charge is 2.22. The number of oxazole rings is 1. The van der Waals surface area contributed by atoms with Crippen LogP contribution in [0.5, 0.6) is 5.75 Å². The van der Waals surface area contributed by atoms with Gasteiger partial charge in [-0.15, -0.1) is 0 Å². The van der Waals surface area contributed by atoms with E-state index in [0.29, 0.717) is 34.1 Å². The molecule has 0 saturated carbocycles. The van der Waals surface area contributed by atoms with Gasteiger partial charge in [0.1, 0.15) is 5.75 Å². The van der Waals surface area contributed by atoms with E-state index in [0.717, 1.165) is 25.1 Å². The lowest BCUT2D eigenvalue weighted by atomic mass is 9.97. The first-order chi connectivity index (χ1) is 13.6. The quantitative estimate of drug-likeness (QED) is 0.543. The van der Waals surface area contributed by atoms with E-state index in [4.69, 9.17) is 9.68 Å². The summed E-state index contributed by atoms with van der Waals surface area (Å²) in [5.74, 6) is 0.219. The highest BCUT2D eigenvalue weighted by molar-refractivity contribution is 5.78. The summed E-state index contributed by atoms with van der Waals surface area (Å²) in [7, 11) is 0. The summed E-state index contributed by atoms with van der Waals surface area (Å²) in [5, 5.41) is 35.2. The summed E-state index contributed by atoms with van der Waals surface area (Å²) in [4.78, 5) is 8.95. The topological polar surface area (TPSA) is 127 Å². The maximum absolute atomic E-state index is 10.3. The molecule has 3 aromatic rings. The molecular formula is C20H21N5O3. The van der Waals surface area contributed by atoms with E-state index in [1.54, 1.807) is 18.2 Å². The summed E-state index contributed by atoms with van der Waals surface area (Å²) >= 11 is 0. The SMILES string of the molecule is Cc1cc(C#N)cc(O)c1-c1ccc2oc(N[C@H]3CNC[C@@H](CO)C3)nc2n1. The van der Waals surface area contributed by atoms with Crippen molar-refractivity contribution in [2.45, 2.75) is 19.4 Å². The van der Waals surface area contributed by atoms with Gasteiger partial charge in [0, 0.05) is 31.3 Å². The third-order valence-corrected chi connectivity index (χ3v) is 4.98. The molecule has 1 aromatic carbocycles.